The van der Waals surface area contributed by atoms with Crippen LogP contribution in [-0.2, 0) is 0 Å². The summed E-state index contributed by atoms with van der Waals surface area (Å²) < 4.78 is 10.4. The van der Waals surface area contributed by atoms with Crippen LogP contribution in [0.15, 0.2) is 426 Å². The summed E-state index contributed by atoms with van der Waals surface area (Å²) in [6.07, 6.45) is 4.25. The SMILES string of the molecule is Brc1ccc(-c2cccc(-c3ccc4c(c3)c3ccc(-c5cccc6ccccc56)cc3n4-c3ccccc3)c2)cc1.Brc1ccc(-c2cccc(-c3ccc4c(c3)c3ccccc3n4-c3ccccc3)c2)c2ccccc12.C/C=C/n1c2ccc(-c3ccccc3)cc2c2cc(-c3cccc(-c4ccc(Br)cc4)c3)ccc21. The Kier molecular flexibility index (Phi) is 19.2. The fraction of sp³-hybridized carbons (Fsp3) is 0.00935. The molecule has 0 atom stereocenters. The average Bonchev–Trinajstić information content (AvgIpc) is 1.61. The van der Waals surface area contributed by atoms with Gasteiger partial charge in [0.1, 0.15) is 0 Å². The van der Waals surface area contributed by atoms with Gasteiger partial charge >= 0.3 is 0 Å². The number of fused-ring (bicyclic) bond motifs is 11. The molecule has 3 heterocycles. The lowest BCUT2D eigenvalue weighted by Crippen LogP contribution is -1.93. The maximum Gasteiger partial charge on any atom is 0.0547 e. The largest absolute Gasteiger partial charge is 0.316 e. The smallest absolute Gasteiger partial charge is 0.0547 e. The summed E-state index contributed by atoms with van der Waals surface area (Å²) in [7, 11) is 0. The van der Waals surface area contributed by atoms with Crippen molar-refractivity contribution in [3.05, 3.63) is 426 Å². The molecule has 0 radical (unpaired) electrons. The second-order valence-electron chi connectivity index (χ2n) is 28.7. The third-order valence-electron chi connectivity index (χ3n) is 21.9. The van der Waals surface area contributed by atoms with Crippen LogP contribution >= 0.6 is 47.8 Å². The minimum Gasteiger partial charge on any atom is -0.316 e. The van der Waals surface area contributed by atoms with Crippen molar-refractivity contribution in [2.75, 3.05) is 0 Å². The highest BCUT2D eigenvalue weighted by Gasteiger charge is 2.19. The number of nitrogens with zero attached hydrogens (tertiary/aromatic N) is 3. The summed E-state index contributed by atoms with van der Waals surface area (Å²) in [5.41, 5.74) is 29.3. The Morgan fingerprint density at radius 3 is 1.09 bits per heavy atom. The van der Waals surface area contributed by atoms with Crippen molar-refractivity contribution in [1.82, 2.24) is 13.7 Å². The van der Waals surface area contributed by atoms with Gasteiger partial charge in [-0.1, -0.05) is 327 Å². The lowest BCUT2D eigenvalue weighted by Gasteiger charge is -2.11. The summed E-state index contributed by atoms with van der Waals surface area (Å²) >= 11 is 10.8. The van der Waals surface area contributed by atoms with E-state index in [-0.39, 0.29) is 0 Å². The molecule has 18 aromatic carbocycles. The Balaban J connectivity index is 0.000000115. The van der Waals surface area contributed by atoms with E-state index in [2.05, 4.69) is 487 Å². The fourth-order valence-electron chi connectivity index (χ4n) is 16.5. The van der Waals surface area contributed by atoms with Crippen LogP contribution in [0.25, 0.3) is 194 Å². The van der Waals surface area contributed by atoms with Crippen molar-refractivity contribution in [3.8, 4) is 100 Å². The van der Waals surface area contributed by atoms with Crippen molar-refractivity contribution in [1.29, 1.82) is 0 Å². The van der Waals surface area contributed by atoms with Crippen molar-refractivity contribution in [2.24, 2.45) is 0 Å². The molecule has 0 amide bonds. The standard InChI is InChI=1S/C40H26BrN.C34H22BrN.C33H24BrN/c41-33-20-16-27(17-21-33)29-10-6-11-30(24-29)31-19-23-39-38(25-31)37-22-18-32(26-40(37)42(39)34-12-2-1-3-13-34)36-15-7-9-28-8-4-5-14-35(28)36;35-32-19-18-27(28-13-4-5-14-29(28)32)25-10-8-9-23(21-25)24-17-20-34-31(22-24)30-15-6-7-16-33(30)36(34)26-11-2-1-3-12-26;1-2-19-35-32-17-13-27(23-7-4-3-5-8-23)21-30(32)31-22-28(14-18-33(31)35)26-10-6-9-25(20-26)24-11-15-29(34)16-12-24/h1-26H;1-22H;2-22H,1H3/b;;19-2+. The van der Waals surface area contributed by atoms with Gasteiger partial charge in [-0.2, -0.15) is 0 Å². The molecule has 0 saturated heterocycles. The Morgan fingerprint density at radius 1 is 0.204 bits per heavy atom. The van der Waals surface area contributed by atoms with E-state index in [0.29, 0.717) is 0 Å². The Labute approximate surface area is 682 Å². The molecule has 21 aromatic rings. The van der Waals surface area contributed by atoms with E-state index in [1.807, 2.05) is 0 Å². The van der Waals surface area contributed by atoms with Gasteiger partial charge < -0.3 is 13.7 Å². The molecule has 3 nitrogen and oxygen atoms in total. The molecule has 0 aliphatic carbocycles. The topological polar surface area (TPSA) is 14.8 Å². The number of rotatable bonds is 11. The second-order valence-corrected chi connectivity index (χ2v) is 31.3. The summed E-state index contributed by atoms with van der Waals surface area (Å²) in [5.74, 6) is 0. The van der Waals surface area contributed by atoms with Gasteiger partial charge in [0.2, 0.25) is 0 Å². The lowest BCUT2D eigenvalue weighted by molar-refractivity contribution is 1.18. The number of halogens is 3. The third-order valence-corrected chi connectivity index (χ3v) is 23.6. The highest BCUT2D eigenvalue weighted by atomic mass is 79.9. The highest BCUT2D eigenvalue weighted by Crippen LogP contribution is 2.43. The van der Waals surface area contributed by atoms with E-state index in [4.69, 9.17) is 0 Å². The molecule has 3 aromatic heterocycles. The number of hydrogen-bond acceptors (Lipinski definition) is 0. The molecule has 0 N–H and O–H groups in total. The third kappa shape index (κ3) is 13.7. The first-order chi connectivity index (χ1) is 55.7. The number of para-hydroxylation sites is 3. The maximum absolute atomic E-state index is 3.71. The Bertz CT molecular complexity index is 7190. The summed E-state index contributed by atoms with van der Waals surface area (Å²) in [6, 6.07) is 147. The van der Waals surface area contributed by atoms with Gasteiger partial charge in [-0.25, -0.2) is 0 Å². The molecule has 0 aliphatic rings. The van der Waals surface area contributed by atoms with Crippen LogP contribution in [0.4, 0.5) is 0 Å². The zero-order valence-corrected chi connectivity index (χ0v) is 66.6. The average molecular weight is 1640 g/mol. The second kappa shape index (κ2) is 30.7. The van der Waals surface area contributed by atoms with Crippen LogP contribution in [0, 0.1) is 0 Å². The predicted molar refractivity (Wildman–Crippen MR) is 494 cm³/mol. The first kappa shape index (κ1) is 70.4. The number of hydrogen-bond donors (Lipinski definition) is 0. The first-order valence-electron chi connectivity index (χ1n) is 38.2. The van der Waals surface area contributed by atoms with Crippen molar-refractivity contribution in [2.45, 2.75) is 6.92 Å². The molecule has 0 fully saturated rings. The van der Waals surface area contributed by atoms with Gasteiger partial charge in [0, 0.05) is 63.3 Å². The zero-order chi connectivity index (χ0) is 75.9. The maximum atomic E-state index is 3.71. The van der Waals surface area contributed by atoms with Crippen LogP contribution in [-0.4, -0.2) is 13.7 Å². The molecule has 113 heavy (non-hydrogen) atoms. The lowest BCUT2D eigenvalue weighted by atomic mass is 9.95. The van der Waals surface area contributed by atoms with E-state index < -0.39 is 0 Å². The predicted octanol–water partition coefficient (Wildman–Crippen LogP) is 31.8. The van der Waals surface area contributed by atoms with E-state index in [0.717, 1.165) is 19.1 Å². The molecule has 0 bridgehead atoms. The minimum atomic E-state index is 1.09. The van der Waals surface area contributed by atoms with Gasteiger partial charge in [0.05, 0.1) is 33.1 Å². The Hall–Kier alpha value is -12.9. The van der Waals surface area contributed by atoms with E-state index in [1.54, 1.807) is 0 Å². The molecular formula is C107H72Br3N3. The molecule has 0 aliphatic heterocycles. The molecule has 536 valence electrons. The van der Waals surface area contributed by atoms with Crippen molar-refractivity contribution < 1.29 is 0 Å². The summed E-state index contributed by atoms with van der Waals surface area (Å²) in [4.78, 5) is 0. The molecule has 21 rings (SSSR count). The van der Waals surface area contributed by atoms with Crippen molar-refractivity contribution >= 4 is 141 Å². The molecule has 0 spiro atoms. The molecule has 0 saturated carbocycles. The van der Waals surface area contributed by atoms with Gasteiger partial charge in [-0.3, -0.25) is 0 Å². The number of aromatic nitrogens is 3. The molecule has 0 unspecified atom stereocenters. The quantitative estimate of drug-likeness (QED) is 0.123. The number of benzene rings is 18. The Morgan fingerprint density at radius 2 is 0.540 bits per heavy atom. The van der Waals surface area contributed by atoms with E-state index in [1.165, 1.54) is 182 Å². The van der Waals surface area contributed by atoms with E-state index >= 15 is 0 Å². The van der Waals surface area contributed by atoms with Gasteiger partial charge in [-0.15, -0.1) is 0 Å². The zero-order valence-electron chi connectivity index (χ0n) is 61.8. The monoisotopic (exact) mass is 1640 g/mol. The van der Waals surface area contributed by atoms with Crippen molar-refractivity contribution in [3.63, 3.8) is 0 Å². The van der Waals surface area contributed by atoms with Crippen LogP contribution < -0.4 is 0 Å². The summed E-state index contributed by atoms with van der Waals surface area (Å²) in [5, 5.41) is 12.6. The van der Waals surface area contributed by atoms with Gasteiger partial charge in [0.25, 0.3) is 0 Å². The van der Waals surface area contributed by atoms with Crippen LogP contribution in [0.2, 0.25) is 0 Å². The van der Waals surface area contributed by atoms with Crippen LogP contribution in [0.5, 0.6) is 0 Å². The normalized spacial score (nSPS) is 11.5. The fourth-order valence-corrected chi connectivity index (χ4v) is 17.5. The molecular weight excluding hydrogens is 1570 g/mol. The van der Waals surface area contributed by atoms with Crippen LogP contribution in [0.3, 0.4) is 0 Å². The van der Waals surface area contributed by atoms with Gasteiger partial charge in [-0.05, 0) is 251 Å². The van der Waals surface area contributed by atoms with E-state index in [9.17, 15) is 0 Å². The highest BCUT2D eigenvalue weighted by molar-refractivity contribution is 9.11. The first-order valence-corrected chi connectivity index (χ1v) is 40.6. The van der Waals surface area contributed by atoms with Gasteiger partial charge in [0.15, 0.2) is 0 Å². The molecule has 6 heteroatoms. The summed E-state index contributed by atoms with van der Waals surface area (Å²) in [6.45, 7) is 2.07. The minimum absolute atomic E-state index is 1.09. The number of allylic oxidation sites excluding steroid dienone is 1. The van der Waals surface area contributed by atoms with Crippen LogP contribution in [0.1, 0.15) is 6.92 Å².